The summed E-state index contributed by atoms with van der Waals surface area (Å²) < 4.78 is 10.0. The van der Waals surface area contributed by atoms with Gasteiger partial charge in [-0.25, -0.2) is 0 Å². The van der Waals surface area contributed by atoms with Crippen LogP contribution in [0.1, 0.15) is 6.92 Å². The summed E-state index contributed by atoms with van der Waals surface area (Å²) in [5, 5.41) is 27.9. The van der Waals surface area contributed by atoms with Gasteiger partial charge in [0.1, 0.15) is 6.10 Å². The molecule has 0 radical (unpaired) electrons. The Bertz CT molecular complexity index is 143. The Morgan fingerprint density at radius 1 is 1.31 bits per heavy atom. The molecule has 0 amide bonds. The van der Waals surface area contributed by atoms with Crippen LogP contribution in [0.2, 0.25) is 0 Å². The third-order valence-corrected chi connectivity index (χ3v) is 2.48. The quantitative estimate of drug-likeness (QED) is 0.507. The number of ether oxygens (including phenoxy) is 2. The van der Waals surface area contributed by atoms with E-state index < -0.39 is 24.6 Å². The van der Waals surface area contributed by atoms with Gasteiger partial charge in [0, 0.05) is 13.0 Å². The fraction of sp³-hybridized carbons (Fsp3) is 1.00. The van der Waals surface area contributed by atoms with Crippen LogP contribution in [0, 0.1) is 5.92 Å². The normalized spacial score (nSPS) is 46.4. The maximum atomic E-state index is 9.53. The van der Waals surface area contributed by atoms with Gasteiger partial charge in [0.05, 0.1) is 18.8 Å². The molecule has 0 bridgehead atoms. The topological polar surface area (TPSA) is 79.2 Å². The molecular weight excluding hydrogens is 176 g/mol. The van der Waals surface area contributed by atoms with Crippen LogP contribution in [0.5, 0.6) is 0 Å². The third kappa shape index (κ3) is 2.00. The highest BCUT2D eigenvalue weighted by atomic mass is 16.7. The largest absolute Gasteiger partial charge is 0.394 e. The molecule has 5 atom stereocenters. The third-order valence-electron chi connectivity index (χ3n) is 2.48. The predicted octanol–water partition coefficient (Wildman–Crippen LogP) is -1.29. The van der Waals surface area contributed by atoms with E-state index >= 15 is 0 Å². The van der Waals surface area contributed by atoms with Gasteiger partial charge in [0.25, 0.3) is 0 Å². The molecule has 5 heteroatoms. The highest BCUT2D eigenvalue weighted by molar-refractivity contribution is 4.86. The van der Waals surface area contributed by atoms with Crippen molar-refractivity contribution in [3.05, 3.63) is 0 Å². The van der Waals surface area contributed by atoms with Crippen LogP contribution in [0.4, 0.5) is 0 Å². The van der Waals surface area contributed by atoms with E-state index in [1.165, 1.54) is 7.11 Å². The van der Waals surface area contributed by atoms with Gasteiger partial charge in [-0.1, -0.05) is 6.92 Å². The zero-order valence-electron chi connectivity index (χ0n) is 7.75. The summed E-state index contributed by atoms with van der Waals surface area (Å²) in [5.74, 6) is -0.300. The fourth-order valence-corrected chi connectivity index (χ4v) is 1.47. The molecule has 0 aliphatic carbocycles. The second-order valence-corrected chi connectivity index (χ2v) is 3.30. The molecule has 0 spiro atoms. The lowest BCUT2D eigenvalue weighted by Crippen LogP contribution is -2.55. The van der Waals surface area contributed by atoms with Gasteiger partial charge in [-0.2, -0.15) is 0 Å². The summed E-state index contributed by atoms with van der Waals surface area (Å²) in [7, 11) is 1.38. The number of hydrogen-bond acceptors (Lipinski definition) is 5. The number of hydrogen-bond donors (Lipinski definition) is 3. The van der Waals surface area contributed by atoms with Crippen molar-refractivity contribution in [1.29, 1.82) is 0 Å². The molecule has 3 N–H and O–H groups in total. The summed E-state index contributed by atoms with van der Waals surface area (Å²) in [6, 6.07) is 0. The molecule has 1 heterocycles. The van der Waals surface area contributed by atoms with Gasteiger partial charge in [-0.3, -0.25) is 0 Å². The van der Waals surface area contributed by atoms with Crippen LogP contribution >= 0.6 is 0 Å². The van der Waals surface area contributed by atoms with Crippen molar-refractivity contribution in [3.63, 3.8) is 0 Å². The van der Waals surface area contributed by atoms with Gasteiger partial charge in [0.2, 0.25) is 0 Å². The van der Waals surface area contributed by atoms with E-state index in [-0.39, 0.29) is 12.5 Å². The van der Waals surface area contributed by atoms with Gasteiger partial charge in [0.15, 0.2) is 6.29 Å². The molecule has 5 nitrogen and oxygen atoms in total. The number of aliphatic hydroxyl groups is 3. The molecule has 13 heavy (non-hydrogen) atoms. The zero-order valence-corrected chi connectivity index (χ0v) is 7.75. The van der Waals surface area contributed by atoms with Crippen LogP contribution in [-0.2, 0) is 9.47 Å². The van der Waals surface area contributed by atoms with Crippen molar-refractivity contribution < 1.29 is 24.8 Å². The maximum Gasteiger partial charge on any atom is 0.186 e. The summed E-state index contributed by atoms with van der Waals surface area (Å²) in [4.78, 5) is 0. The standard InChI is InChI=1S/C8H16O5/c1-4-5(3-9)13-8(12-2)7(11)6(4)10/h4-11H,3H2,1-2H3/t4-,5+,6-,7+,8+/m0/s1. The first-order valence-corrected chi connectivity index (χ1v) is 4.27. The lowest BCUT2D eigenvalue weighted by molar-refractivity contribution is -0.280. The van der Waals surface area contributed by atoms with E-state index in [0.717, 1.165) is 0 Å². The minimum absolute atomic E-state index is 0.190. The Balaban J connectivity index is 2.66. The Hall–Kier alpha value is -0.200. The van der Waals surface area contributed by atoms with Crippen molar-refractivity contribution in [2.24, 2.45) is 5.92 Å². The Kier molecular flexibility index (Phi) is 3.63. The Morgan fingerprint density at radius 3 is 2.38 bits per heavy atom. The van der Waals surface area contributed by atoms with Gasteiger partial charge < -0.3 is 24.8 Å². The van der Waals surface area contributed by atoms with Crippen molar-refractivity contribution in [3.8, 4) is 0 Å². The van der Waals surface area contributed by atoms with Crippen molar-refractivity contribution >= 4 is 0 Å². The zero-order chi connectivity index (χ0) is 10.0. The summed E-state index contributed by atoms with van der Waals surface area (Å²) in [6.07, 6.45) is -3.31. The first-order chi connectivity index (χ1) is 6.11. The van der Waals surface area contributed by atoms with E-state index in [4.69, 9.17) is 14.6 Å². The molecule has 1 aliphatic heterocycles. The molecule has 0 saturated carbocycles. The van der Waals surface area contributed by atoms with Gasteiger partial charge >= 0.3 is 0 Å². The predicted molar refractivity (Wildman–Crippen MR) is 43.9 cm³/mol. The molecule has 0 unspecified atom stereocenters. The first-order valence-electron chi connectivity index (χ1n) is 4.27. The first kappa shape index (κ1) is 10.9. The highest BCUT2D eigenvalue weighted by Crippen LogP contribution is 2.25. The molecule has 1 saturated heterocycles. The van der Waals surface area contributed by atoms with E-state index in [1.54, 1.807) is 6.92 Å². The Labute approximate surface area is 76.9 Å². The summed E-state index contributed by atoms with van der Waals surface area (Å²) in [5.41, 5.74) is 0. The van der Waals surface area contributed by atoms with Gasteiger partial charge in [-0.05, 0) is 0 Å². The monoisotopic (exact) mass is 192 g/mol. The number of aliphatic hydroxyl groups excluding tert-OH is 3. The lowest BCUT2D eigenvalue weighted by atomic mass is 9.91. The van der Waals surface area contributed by atoms with Crippen molar-refractivity contribution in [2.45, 2.75) is 31.5 Å². The van der Waals surface area contributed by atoms with Crippen LogP contribution in [0.15, 0.2) is 0 Å². The SMILES string of the molecule is CO[C@@H]1O[C@H](CO)[C@H](C)[C@H](O)[C@H]1O. The number of rotatable bonds is 2. The highest BCUT2D eigenvalue weighted by Gasteiger charge is 2.41. The molecule has 1 fully saturated rings. The maximum absolute atomic E-state index is 9.53. The van der Waals surface area contributed by atoms with Crippen LogP contribution in [0.3, 0.4) is 0 Å². The van der Waals surface area contributed by atoms with Crippen LogP contribution < -0.4 is 0 Å². The molecule has 0 aromatic carbocycles. The fourth-order valence-electron chi connectivity index (χ4n) is 1.47. The van der Waals surface area contributed by atoms with E-state index in [2.05, 4.69) is 0 Å². The van der Waals surface area contributed by atoms with E-state index in [9.17, 15) is 10.2 Å². The van der Waals surface area contributed by atoms with Crippen LogP contribution in [-0.4, -0.2) is 53.6 Å². The van der Waals surface area contributed by atoms with E-state index in [1.807, 2.05) is 0 Å². The van der Waals surface area contributed by atoms with Crippen LogP contribution in [0.25, 0.3) is 0 Å². The van der Waals surface area contributed by atoms with E-state index in [0.29, 0.717) is 0 Å². The summed E-state index contributed by atoms with van der Waals surface area (Å²) >= 11 is 0. The molecular formula is C8H16O5. The Morgan fingerprint density at radius 2 is 1.92 bits per heavy atom. The molecule has 0 aromatic rings. The van der Waals surface area contributed by atoms with Crippen molar-refractivity contribution in [1.82, 2.24) is 0 Å². The average Bonchev–Trinajstić information content (AvgIpc) is 2.15. The second-order valence-electron chi connectivity index (χ2n) is 3.30. The molecule has 0 aromatic heterocycles. The molecule has 78 valence electrons. The second kappa shape index (κ2) is 4.34. The molecule has 1 rings (SSSR count). The number of methoxy groups -OCH3 is 1. The average molecular weight is 192 g/mol. The van der Waals surface area contributed by atoms with Gasteiger partial charge in [-0.15, -0.1) is 0 Å². The summed E-state index contributed by atoms with van der Waals surface area (Å²) in [6.45, 7) is 1.52. The minimum atomic E-state index is -1.05. The smallest absolute Gasteiger partial charge is 0.186 e. The van der Waals surface area contributed by atoms with Crippen molar-refractivity contribution in [2.75, 3.05) is 13.7 Å². The molecule has 1 aliphatic rings. The minimum Gasteiger partial charge on any atom is -0.394 e. The lowest BCUT2D eigenvalue weighted by Gasteiger charge is -2.40.